The van der Waals surface area contributed by atoms with Gasteiger partial charge in [0.05, 0.1) is 0 Å². The molecule has 0 saturated carbocycles. The molecule has 2 aromatic rings. The first-order valence-corrected chi connectivity index (χ1v) is 4.73. The van der Waals surface area contributed by atoms with Gasteiger partial charge in [0.2, 0.25) is 0 Å². The molecule has 0 bridgehead atoms. The maximum Gasteiger partial charge on any atom is 0.141 e. The van der Waals surface area contributed by atoms with Crippen molar-refractivity contribution in [1.82, 2.24) is 4.98 Å². The van der Waals surface area contributed by atoms with Crippen LogP contribution in [-0.2, 0) is 0 Å². The summed E-state index contributed by atoms with van der Waals surface area (Å²) >= 11 is 0. The van der Waals surface area contributed by atoms with Crippen molar-refractivity contribution in [1.29, 1.82) is 5.26 Å². The Bertz CT molecular complexity index is 618. The van der Waals surface area contributed by atoms with E-state index in [4.69, 9.17) is 11.0 Å². The van der Waals surface area contributed by atoms with Gasteiger partial charge in [-0.25, -0.2) is 13.8 Å². The molecule has 0 aliphatic carbocycles. The normalized spacial score (nSPS) is 9.94. The van der Waals surface area contributed by atoms with E-state index in [1.54, 1.807) is 0 Å². The van der Waals surface area contributed by atoms with Crippen LogP contribution in [0.2, 0.25) is 0 Å². The lowest BCUT2D eigenvalue weighted by Crippen LogP contribution is -1.98. The van der Waals surface area contributed by atoms with Crippen LogP contribution in [0.25, 0.3) is 11.1 Å². The number of nitriles is 1. The van der Waals surface area contributed by atoms with Crippen molar-refractivity contribution in [2.24, 2.45) is 0 Å². The molecule has 0 amide bonds. The number of aromatic nitrogens is 1. The standard InChI is InChI=1S/C12H7F2N3/c13-7-1-2-9(11(14)5-7)8-3-4-17-12(16)10(8)6-15/h1-5H,(H2,16,17). The summed E-state index contributed by atoms with van der Waals surface area (Å²) in [5, 5.41) is 8.94. The first-order valence-electron chi connectivity index (χ1n) is 4.73. The SMILES string of the molecule is N#Cc1c(-c2ccc(F)cc2F)ccnc1N. The van der Waals surface area contributed by atoms with Crippen molar-refractivity contribution < 1.29 is 8.78 Å². The molecule has 3 nitrogen and oxygen atoms in total. The molecule has 0 atom stereocenters. The number of anilines is 1. The number of nitrogens with two attached hydrogens (primary N) is 1. The highest BCUT2D eigenvalue weighted by molar-refractivity contribution is 5.75. The van der Waals surface area contributed by atoms with Crippen LogP contribution in [0.1, 0.15) is 5.56 Å². The van der Waals surface area contributed by atoms with Crippen molar-refractivity contribution in [3.63, 3.8) is 0 Å². The lowest BCUT2D eigenvalue weighted by atomic mass is 10.0. The zero-order chi connectivity index (χ0) is 12.4. The second kappa shape index (κ2) is 4.18. The van der Waals surface area contributed by atoms with Crippen LogP contribution in [0.4, 0.5) is 14.6 Å². The molecule has 84 valence electrons. The van der Waals surface area contributed by atoms with Crippen LogP contribution >= 0.6 is 0 Å². The fourth-order valence-electron chi connectivity index (χ4n) is 1.53. The van der Waals surface area contributed by atoms with Gasteiger partial charge in [-0.1, -0.05) is 0 Å². The van der Waals surface area contributed by atoms with E-state index in [1.165, 1.54) is 18.3 Å². The highest BCUT2D eigenvalue weighted by Gasteiger charge is 2.13. The maximum absolute atomic E-state index is 13.6. The predicted octanol–water partition coefficient (Wildman–Crippen LogP) is 2.48. The van der Waals surface area contributed by atoms with Crippen molar-refractivity contribution in [3.05, 3.63) is 47.7 Å². The van der Waals surface area contributed by atoms with Crippen molar-refractivity contribution in [2.45, 2.75) is 0 Å². The first kappa shape index (κ1) is 11.0. The number of nitrogen functional groups attached to an aromatic ring is 1. The number of rotatable bonds is 1. The zero-order valence-corrected chi connectivity index (χ0v) is 8.61. The van der Waals surface area contributed by atoms with Crippen molar-refractivity contribution in [2.75, 3.05) is 5.73 Å². The predicted molar refractivity (Wildman–Crippen MR) is 58.7 cm³/mol. The quantitative estimate of drug-likeness (QED) is 0.820. The van der Waals surface area contributed by atoms with E-state index in [0.29, 0.717) is 5.56 Å². The minimum absolute atomic E-state index is 0.0220. The Balaban J connectivity index is 2.69. The Morgan fingerprint density at radius 2 is 1.94 bits per heavy atom. The van der Waals surface area contributed by atoms with E-state index in [1.807, 2.05) is 6.07 Å². The van der Waals surface area contributed by atoms with Crippen LogP contribution in [-0.4, -0.2) is 4.98 Å². The first-order chi connectivity index (χ1) is 8.13. The topological polar surface area (TPSA) is 62.7 Å². The molecule has 2 N–H and O–H groups in total. The van der Waals surface area contributed by atoms with E-state index in [2.05, 4.69) is 4.98 Å². The average Bonchev–Trinajstić information content (AvgIpc) is 2.29. The molecule has 1 aromatic heterocycles. The highest BCUT2D eigenvalue weighted by atomic mass is 19.1. The van der Waals surface area contributed by atoms with Gasteiger partial charge in [0.1, 0.15) is 29.1 Å². The second-order valence-corrected chi connectivity index (χ2v) is 3.35. The molecule has 17 heavy (non-hydrogen) atoms. The monoisotopic (exact) mass is 231 g/mol. The molecule has 0 spiro atoms. The number of nitrogens with zero attached hydrogens (tertiary/aromatic N) is 2. The molecule has 0 unspecified atom stereocenters. The summed E-state index contributed by atoms with van der Waals surface area (Å²) in [6.45, 7) is 0. The number of hydrogen-bond donors (Lipinski definition) is 1. The van der Waals surface area contributed by atoms with Gasteiger partial charge in [-0.2, -0.15) is 5.26 Å². The van der Waals surface area contributed by atoms with Gasteiger partial charge in [-0.15, -0.1) is 0 Å². The van der Waals surface area contributed by atoms with Gasteiger partial charge in [-0.3, -0.25) is 0 Å². The summed E-state index contributed by atoms with van der Waals surface area (Å²) < 4.78 is 26.4. The lowest BCUT2D eigenvalue weighted by molar-refractivity contribution is 0.585. The Morgan fingerprint density at radius 1 is 1.18 bits per heavy atom. The lowest BCUT2D eigenvalue weighted by Gasteiger charge is -2.06. The van der Waals surface area contributed by atoms with Crippen LogP contribution in [0.15, 0.2) is 30.5 Å². The minimum Gasteiger partial charge on any atom is -0.383 e. The number of benzene rings is 1. The molecule has 0 radical (unpaired) electrons. The van der Waals surface area contributed by atoms with Crippen molar-refractivity contribution in [3.8, 4) is 17.2 Å². The smallest absolute Gasteiger partial charge is 0.141 e. The van der Waals surface area contributed by atoms with Gasteiger partial charge in [0, 0.05) is 23.4 Å². The molecule has 0 fully saturated rings. The third-order valence-electron chi connectivity index (χ3n) is 2.31. The largest absolute Gasteiger partial charge is 0.383 e. The van der Waals surface area contributed by atoms with E-state index < -0.39 is 11.6 Å². The summed E-state index contributed by atoms with van der Waals surface area (Å²) in [5.74, 6) is -1.40. The van der Waals surface area contributed by atoms with E-state index in [9.17, 15) is 8.78 Å². The number of halogens is 2. The third-order valence-corrected chi connectivity index (χ3v) is 2.31. The van der Waals surface area contributed by atoms with E-state index >= 15 is 0 Å². The van der Waals surface area contributed by atoms with Gasteiger partial charge in [-0.05, 0) is 18.2 Å². The molecule has 1 aromatic carbocycles. The Labute approximate surface area is 96.1 Å². The molecule has 0 aliphatic heterocycles. The second-order valence-electron chi connectivity index (χ2n) is 3.35. The zero-order valence-electron chi connectivity index (χ0n) is 8.61. The highest BCUT2D eigenvalue weighted by Crippen LogP contribution is 2.28. The molecule has 5 heteroatoms. The Kier molecular flexibility index (Phi) is 2.71. The van der Waals surface area contributed by atoms with Crippen molar-refractivity contribution >= 4 is 5.82 Å². The molecule has 0 aliphatic rings. The maximum atomic E-state index is 13.6. The van der Waals surface area contributed by atoms with Crippen LogP contribution < -0.4 is 5.73 Å². The third kappa shape index (κ3) is 1.93. The fourth-order valence-corrected chi connectivity index (χ4v) is 1.53. The number of hydrogen-bond acceptors (Lipinski definition) is 3. The summed E-state index contributed by atoms with van der Waals surface area (Å²) in [6, 6.07) is 6.46. The fraction of sp³-hybridized carbons (Fsp3) is 0. The Morgan fingerprint density at radius 3 is 2.59 bits per heavy atom. The van der Waals surface area contributed by atoms with E-state index in [-0.39, 0.29) is 16.9 Å². The van der Waals surface area contributed by atoms with E-state index in [0.717, 1.165) is 12.1 Å². The van der Waals surface area contributed by atoms with Crippen LogP contribution in [0.3, 0.4) is 0 Å². The molecule has 1 heterocycles. The molecular weight excluding hydrogens is 224 g/mol. The molecular formula is C12H7F2N3. The van der Waals surface area contributed by atoms with Gasteiger partial charge < -0.3 is 5.73 Å². The molecule has 0 saturated heterocycles. The Hall–Kier alpha value is -2.48. The summed E-state index contributed by atoms with van der Waals surface area (Å²) in [5.41, 5.74) is 6.03. The number of pyridine rings is 1. The van der Waals surface area contributed by atoms with Gasteiger partial charge >= 0.3 is 0 Å². The van der Waals surface area contributed by atoms with Gasteiger partial charge in [0.25, 0.3) is 0 Å². The molecule has 2 rings (SSSR count). The minimum atomic E-state index is -0.743. The van der Waals surface area contributed by atoms with Crippen LogP contribution in [0, 0.1) is 23.0 Å². The average molecular weight is 231 g/mol. The summed E-state index contributed by atoms with van der Waals surface area (Å²) in [7, 11) is 0. The summed E-state index contributed by atoms with van der Waals surface area (Å²) in [4.78, 5) is 3.74. The summed E-state index contributed by atoms with van der Waals surface area (Å²) in [6.07, 6.45) is 1.37. The van der Waals surface area contributed by atoms with Crippen LogP contribution in [0.5, 0.6) is 0 Å². The van der Waals surface area contributed by atoms with Gasteiger partial charge in [0.15, 0.2) is 0 Å².